The average Bonchev–Trinajstić information content (AvgIpc) is 3.64. The highest BCUT2D eigenvalue weighted by molar-refractivity contribution is 8.13. The van der Waals surface area contributed by atoms with Crippen molar-refractivity contribution in [2.24, 2.45) is 4.99 Å². The monoisotopic (exact) mass is 555 g/mol. The zero-order chi connectivity index (χ0) is 27.6. The van der Waals surface area contributed by atoms with E-state index >= 15 is 0 Å². The van der Waals surface area contributed by atoms with Crippen molar-refractivity contribution in [2.75, 3.05) is 18.1 Å². The normalized spacial score (nSPS) is 13.0. The fourth-order valence-corrected chi connectivity index (χ4v) is 5.09. The van der Waals surface area contributed by atoms with Crippen molar-refractivity contribution < 1.29 is 9.59 Å². The second-order valence-electron chi connectivity index (χ2n) is 7.98. The van der Waals surface area contributed by atoms with Gasteiger partial charge in [0, 0.05) is 36.7 Å². The maximum absolute atomic E-state index is 11.9. The number of hydrogen-bond acceptors (Lipinski definition) is 9. The molecule has 4 rings (SSSR count). The van der Waals surface area contributed by atoms with E-state index in [1.54, 1.807) is 19.4 Å². The number of aromatic nitrogens is 4. The van der Waals surface area contributed by atoms with E-state index in [0.717, 1.165) is 22.1 Å². The molecule has 0 unspecified atom stereocenters. The summed E-state index contributed by atoms with van der Waals surface area (Å²) in [6, 6.07) is 11.1. The molecule has 3 aromatic rings. The molecule has 0 aliphatic heterocycles. The number of thioether (sulfide) groups is 1. The molecule has 1 aliphatic carbocycles. The van der Waals surface area contributed by atoms with E-state index in [-0.39, 0.29) is 24.7 Å². The van der Waals surface area contributed by atoms with Crippen LogP contribution in [0.5, 0.6) is 0 Å². The highest BCUT2D eigenvalue weighted by atomic mass is 32.2. The van der Waals surface area contributed by atoms with E-state index in [2.05, 4.69) is 35.8 Å². The van der Waals surface area contributed by atoms with Crippen LogP contribution in [-0.4, -0.2) is 49.9 Å². The van der Waals surface area contributed by atoms with Crippen molar-refractivity contribution in [3.05, 3.63) is 65.2 Å². The molecule has 0 bridgehead atoms. The third-order valence-electron chi connectivity index (χ3n) is 5.26. The van der Waals surface area contributed by atoms with Gasteiger partial charge in [-0.15, -0.1) is 10.2 Å². The SMILES string of the molecule is CC.CCSC(=NC)NC(=O)Cc1ccccn1.O=C(Cc1ccccn1)Nc1nnc(C2CCCC2)s1. The second-order valence-corrected chi connectivity index (χ2v) is 10.2. The van der Waals surface area contributed by atoms with E-state index in [4.69, 9.17) is 0 Å². The minimum atomic E-state index is -0.0992. The molecule has 38 heavy (non-hydrogen) atoms. The Hall–Kier alpha value is -3.18. The maximum atomic E-state index is 11.9. The summed E-state index contributed by atoms with van der Waals surface area (Å²) >= 11 is 3.01. The fraction of sp³-hybridized carbons (Fsp3) is 0.444. The predicted octanol–water partition coefficient (Wildman–Crippen LogP) is 5.28. The Bertz CT molecular complexity index is 1120. The molecule has 3 aromatic heterocycles. The third-order valence-corrected chi connectivity index (χ3v) is 7.11. The van der Waals surface area contributed by atoms with Crippen LogP contribution in [0.1, 0.15) is 68.8 Å². The molecule has 1 aliphatic rings. The van der Waals surface area contributed by atoms with Gasteiger partial charge in [-0.3, -0.25) is 24.5 Å². The van der Waals surface area contributed by atoms with Crippen molar-refractivity contribution in [1.82, 2.24) is 25.5 Å². The summed E-state index contributed by atoms with van der Waals surface area (Å²) in [4.78, 5) is 35.7. The number of amidine groups is 1. The molecule has 1 fully saturated rings. The van der Waals surface area contributed by atoms with Crippen LogP contribution >= 0.6 is 23.1 Å². The van der Waals surface area contributed by atoms with Crippen LogP contribution in [0.3, 0.4) is 0 Å². The quantitative estimate of drug-likeness (QED) is 0.300. The number of aliphatic imine (C=N–C) groups is 1. The minimum absolute atomic E-state index is 0.0831. The number of hydrogen-bond donors (Lipinski definition) is 2. The van der Waals surface area contributed by atoms with Crippen LogP contribution in [0.2, 0.25) is 0 Å². The van der Waals surface area contributed by atoms with Gasteiger partial charge in [0.25, 0.3) is 0 Å². The van der Waals surface area contributed by atoms with Crippen LogP contribution in [0.4, 0.5) is 5.13 Å². The Labute approximate surface area is 233 Å². The molecule has 9 nitrogen and oxygen atoms in total. The molecular formula is C27H37N7O2S2. The maximum Gasteiger partial charge on any atom is 0.232 e. The molecule has 3 heterocycles. The van der Waals surface area contributed by atoms with Gasteiger partial charge in [-0.2, -0.15) is 0 Å². The van der Waals surface area contributed by atoms with E-state index in [0.29, 0.717) is 16.2 Å². The molecule has 204 valence electrons. The molecule has 11 heteroatoms. The Morgan fingerprint density at radius 1 is 0.974 bits per heavy atom. The lowest BCUT2D eigenvalue weighted by Gasteiger charge is -2.05. The van der Waals surface area contributed by atoms with Crippen LogP contribution < -0.4 is 10.6 Å². The van der Waals surface area contributed by atoms with Gasteiger partial charge in [-0.25, -0.2) is 0 Å². The van der Waals surface area contributed by atoms with Crippen LogP contribution in [0.25, 0.3) is 0 Å². The summed E-state index contributed by atoms with van der Waals surface area (Å²) in [6.45, 7) is 6.01. The minimum Gasteiger partial charge on any atom is -0.305 e. The smallest absolute Gasteiger partial charge is 0.232 e. The zero-order valence-corrected chi connectivity index (χ0v) is 24.1. The number of amides is 2. The Balaban J connectivity index is 0.000000257. The number of nitrogens with one attached hydrogen (secondary N) is 2. The first-order valence-electron chi connectivity index (χ1n) is 12.9. The first-order valence-corrected chi connectivity index (χ1v) is 14.7. The second kappa shape index (κ2) is 18.1. The largest absolute Gasteiger partial charge is 0.305 e. The molecule has 0 spiro atoms. The van der Waals surface area contributed by atoms with Gasteiger partial charge < -0.3 is 10.6 Å². The molecule has 2 N–H and O–H groups in total. The van der Waals surface area contributed by atoms with Crippen molar-refractivity contribution in [3.8, 4) is 0 Å². The summed E-state index contributed by atoms with van der Waals surface area (Å²) in [5.74, 6) is 1.24. The van der Waals surface area contributed by atoms with Crippen molar-refractivity contribution in [1.29, 1.82) is 0 Å². The van der Waals surface area contributed by atoms with Crippen molar-refractivity contribution in [3.63, 3.8) is 0 Å². The predicted molar refractivity (Wildman–Crippen MR) is 157 cm³/mol. The van der Waals surface area contributed by atoms with Gasteiger partial charge in [-0.05, 0) is 42.9 Å². The van der Waals surface area contributed by atoms with Gasteiger partial charge in [0.1, 0.15) is 5.01 Å². The summed E-state index contributed by atoms with van der Waals surface area (Å²) in [5.41, 5.74) is 1.52. The molecule has 0 saturated heterocycles. The van der Waals surface area contributed by atoms with Gasteiger partial charge in [-0.1, -0.05) is 68.8 Å². The molecule has 1 saturated carbocycles. The zero-order valence-electron chi connectivity index (χ0n) is 22.5. The fourth-order valence-electron chi connectivity index (χ4n) is 3.58. The molecule has 0 atom stereocenters. The number of pyridine rings is 2. The van der Waals surface area contributed by atoms with Crippen molar-refractivity contribution in [2.45, 2.75) is 65.2 Å². The third kappa shape index (κ3) is 11.5. The Morgan fingerprint density at radius 2 is 1.58 bits per heavy atom. The summed E-state index contributed by atoms with van der Waals surface area (Å²) in [7, 11) is 1.67. The first-order chi connectivity index (χ1) is 18.6. The van der Waals surface area contributed by atoms with E-state index in [1.165, 1.54) is 48.8 Å². The van der Waals surface area contributed by atoms with E-state index in [1.807, 2.05) is 57.2 Å². The van der Waals surface area contributed by atoms with Gasteiger partial charge in [0.05, 0.1) is 12.8 Å². The lowest BCUT2D eigenvalue weighted by Crippen LogP contribution is -2.30. The van der Waals surface area contributed by atoms with Gasteiger partial charge in [0.15, 0.2) is 5.17 Å². The molecular weight excluding hydrogens is 518 g/mol. The number of anilines is 1. The van der Waals surface area contributed by atoms with Crippen LogP contribution in [0.15, 0.2) is 53.8 Å². The van der Waals surface area contributed by atoms with Crippen molar-refractivity contribution >= 4 is 45.2 Å². The number of rotatable bonds is 7. The Morgan fingerprint density at radius 3 is 2.11 bits per heavy atom. The summed E-state index contributed by atoms with van der Waals surface area (Å²) < 4.78 is 0. The molecule has 2 amide bonds. The average molecular weight is 556 g/mol. The Kier molecular flexibility index (Phi) is 14.8. The molecule has 0 aromatic carbocycles. The molecule has 0 radical (unpaired) electrons. The number of carbonyl (C=O) groups is 2. The lowest BCUT2D eigenvalue weighted by molar-refractivity contribution is -0.119. The highest BCUT2D eigenvalue weighted by Crippen LogP contribution is 2.36. The van der Waals surface area contributed by atoms with E-state index in [9.17, 15) is 9.59 Å². The van der Waals surface area contributed by atoms with Gasteiger partial charge >= 0.3 is 0 Å². The van der Waals surface area contributed by atoms with Crippen LogP contribution in [-0.2, 0) is 22.4 Å². The van der Waals surface area contributed by atoms with Crippen LogP contribution in [0, 0.1) is 0 Å². The standard InChI is InChI=1S/C14H16N4OS.C11H15N3OS.C2H6/c19-12(9-11-7-3-4-8-15-11)16-14-18-17-13(20-14)10-5-1-2-6-10;1-3-16-11(12-2)14-10(15)8-9-6-4-5-7-13-9;1-2/h3-4,7-8,10H,1-2,5-6,9H2,(H,16,18,19);4-7H,3,8H2,1-2H3,(H,12,14,15);1-2H3. The summed E-state index contributed by atoms with van der Waals surface area (Å²) in [5, 5.41) is 16.1. The van der Waals surface area contributed by atoms with E-state index < -0.39 is 0 Å². The lowest BCUT2D eigenvalue weighted by atomic mass is 10.1. The van der Waals surface area contributed by atoms with Gasteiger partial charge in [0.2, 0.25) is 16.9 Å². The topological polar surface area (TPSA) is 122 Å². The highest BCUT2D eigenvalue weighted by Gasteiger charge is 2.21. The summed E-state index contributed by atoms with van der Waals surface area (Å²) in [6.07, 6.45) is 8.83. The number of nitrogens with zero attached hydrogens (tertiary/aromatic N) is 5. The first kappa shape index (κ1) is 31.0. The number of carbonyl (C=O) groups excluding carboxylic acids is 2.